The highest BCUT2D eigenvalue weighted by molar-refractivity contribution is 5.85. The molecule has 2 aliphatic carbocycles. The zero-order chi connectivity index (χ0) is 11.1. The van der Waals surface area contributed by atoms with Crippen LogP contribution in [0.2, 0.25) is 0 Å². The third kappa shape index (κ3) is 2.02. The second kappa shape index (κ2) is 4.83. The first-order chi connectivity index (χ1) is 7.77. The van der Waals surface area contributed by atoms with Gasteiger partial charge in [0, 0.05) is 12.0 Å². The molecular formula is C15H20ClN. The SMILES string of the molecule is CN(C)[C@H]1C2C=CCC1c1ccccc1C2.Cl. The summed E-state index contributed by atoms with van der Waals surface area (Å²) in [5.74, 6) is 1.42. The van der Waals surface area contributed by atoms with Crippen molar-refractivity contribution in [2.75, 3.05) is 14.1 Å². The van der Waals surface area contributed by atoms with E-state index in [0.29, 0.717) is 17.9 Å². The average Bonchev–Trinajstić information content (AvgIpc) is 2.28. The van der Waals surface area contributed by atoms with E-state index in [-0.39, 0.29) is 12.4 Å². The van der Waals surface area contributed by atoms with Crippen LogP contribution < -0.4 is 0 Å². The van der Waals surface area contributed by atoms with Crippen LogP contribution in [0.15, 0.2) is 36.4 Å². The number of benzene rings is 1. The number of halogens is 1. The predicted molar refractivity (Wildman–Crippen MR) is 74.9 cm³/mol. The number of allylic oxidation sites excluding steroid dienone is 1. The Hall–Kier alpha value is -0.790. The van der Waals surface area contributed by atoms with E-state index in [2.05, 4.69) is 55.4 Å². The number of hydrogen-bond donors (Lipinski definition) is 0. The van der Waals surface area contributed by atoms with Crippen LogP contribution in [0.3, 0.4) is 0 Å². The highest BCUT2D eigenvalue weighted by Crippen LogP contribution is 2.42. The lowest BCUT2D eigenvalue weighted by Crippen LogP contribution is -2.45. The van der Waals surface area contributed by atoms with Crippen LogP contribution >= 0.6 is 12.4 Å². The van der Waals surface area contributed by atoms with E-state index in [4.69, 9.17) is 0 Å². The number of nitrogens with zero attached hydrogens (tertiary/aromatic N) is 1. The van der Waals surface area contributed by atoms with Crippen molar-refractivity contribution in [1.82, 2.24) is 4.90 Å². The molecule has 2 heteroatoms. The Morgan fingerprint density at radius 1 is 1.18 bits per heavy atom. The Kier molecular flexibility index (Phi) is 3.60. The monoisotopic (exact) mass is 249 g/mol. The van der Waals surface area contributed by atoms with Crippen LogP contribution in [0.1, 0.15) is 23.5 Å². The van der Waals surface area contributed by atoms with Crippen LogP contribution in [0.4, 0.5) is 0 Å². The molecule has 0 N–H and O–H groups in total. The van der Waals surface area contributed by atoms with E-state index < -0.39 is 0 Å². The van der Waals surface area contributed by atoms with E-state index in [1.807, 2.05) is 0 Å². The summed E-state index contributed by atoms with van der Waals surface area (Å²) in [7, 11) is 4.44. The van der Waals surface area contributed by atoms with Gasteiger partial charge in [0.1, 0.15) is 0 Å². The molecule has 0 saturated heterocycles. The van der Waals surface area contributed by atoms with Crippen LogP contribution in [0.5, 0.6) is 0 Å². The first-order valence-electron chi connectivity index (χ1n) is 6.18. The van der Waals surface area contributed by atoms with Gasteiger partial charge < -0.3 is 4.90 Å². The molecule has 2 aliphatic rings. The van der Waals surface area contributed by atoms with Gasteiger partial charge in [-0.25, -0.2) is 0 Å². The summed E-state index contributed by atoms with van der Waals surface area (Å²) in [5, 5.41) is 0. The Morgan fingerprint density at radius 2 is 1.94 bits per heavy atom. The van der Waals surface area contributed by atoms with Crippen molar-refractivity contribution in [3.8, 4) is 0 Å². The summed E-state index contributed by atoms with van der Waals surface area (Å²) < 4.78 is 0. The maximum absolute atomic E-state index is 2.43. The summed E-state index contributed by atoms with van der Waals surface area (Å²) >= 11 is 0. The van der Waals surface area contributed by atoms with Crippen LogP contribution in [0, 0.1) is 5.92 Å². The van der Waals surface area contributed by atoms with Gasteiger partial charge in [-0.3, -0.25) is 0 Å². The van der Waals surface area contributed by atoms with E-state index in [1.165, 1.54) is 12.8 Å². The van der Waals surface area contributed by atoms with Gasteiger partial charge in [-0.1, -0.05) is 36.4 Å². The molecule has 1 nitrogen and oxygen atoms in total. The van der Waals surface area contributed by atoms with Gasteiger partial charge in [-0.05, 0) is 44.0 Å². The predicted octanol–water partition coefficient (Wildman–Crippen LogP) is 3.25. The number of hydrogen-bond acceptors (Lipinski definition) is 1. The van der Waals surface area contributed by atoms with E-state index in [1.54, 1.807) is 11.1 Å². The van der Waals surface area contributed by atoms with Gasteiger partial charge in [0.15, 0.2) is 0 Å². The topological polar surface area (TPSA) is 3.24 Å². The molecule has 0 radical (unpaired) electrons. The Balaban J connectivity index is 0.00000108. The van der Waals surface area contributed by atoms with Crippen molar-refractivity contribution in [2.24, 2.45) is 5.92 Å². The molecule has 0 aromatic heterocycles. The zero-order valence-electron chi connectivity index (χ0n) is 10.5. The summed E-state index contributed by atoms with van der Waals surface area (Å²) in [6.07, 6.45) is 7.23. The quantitative estimate of drug-likeness (QED) is 0.691. The maximum Gasteiger partial charge on any atom is 0.0227 e. The van der Waals surface area contributed by atoms with Crippen LogP contribution in [-0.2, 0) is 6.42 Å². The molecule has 1 aromatic rings. The molecule has 0 aliphatic heterocycles. The molecule has 2 bridgehead atoms. The smallest absolute Gasteiger partial charge is 0.0227 e. The molecular weight excluding hydrogens is 230 g/mol. The Morgan fingerprint density at radius 3 is 2.71 bits per heavy atom. The normalized spacial score (nSPS) is 29.7. The molecule has 0 fully saturated rings. The maximum atomic E-state index is 2.43. The second-order valence-corrected chi connectivity index (χ2v) is 5.29. The molecule has 3 rings (SSSR count). The minimum absolute atomic E-state index is 0. The van der Waals surface area contributed by atoms with Gasteiger partial charge in [0.2, 0.25) is 0 Å². The molecule has 1 aromatic carbocycles. The molecule has 0 amide bonds. The first kappa shape index (κ1) is 12.7. The van der Waals surface area contributed by atoms with Crippen molar-refractivity contribution in [3.63, 3.8) is 0 Å². The summed E-state index contributed by atoms with van der Waals surface area (Å²) in [6, 6.07) is 9.69. The standard InChI is InChI=1S/C15H19N.ClH/c1-16(2)15-12-7-5-9-14(15)13-8-4-3-6-11(13)10-12;/h3-8,12,14-15H,9-10H2,1-2H3;1H/t12?,14?,15-;/m0./s1. The van der Waals surface area contributed by atoms with Crippen molar-refractivity contribution in [2.45, 2.75) is 24.8 Å². The zero-order valence-corrected chi connectivity index (χ0v) is 11.3. The Bertz CT molecular complexity index is 425. The lowest BCUT2D eigenvalue weighted by Gasteiger charge is -2.44. The molecule has 0 spiro atoms. The fraction of sp³-hybridized carbons (Fsp3) is 0.467. The number of fused-ring (bicyclic) bond motifs is 4. The second-order valence-electron chi connectivity index (χ2n) is 5.29. The van der Waals surface area contributed by atoms with Gasteiger partial charge in [-0.2, -0.15) is 0 Å². The molecule has 3 atom stereocenters. The van der Waals surface area contributed by atoms with Crippen LogP contribution in [0.25, 0.3) is 0 Å². The third-order valence-electron chi connectivity index (χ3n) is 4.13. The number of rotatable bonds is 1. The Labute approximate surface area is 110 Å². The van der Waals surface area contributed by atoms with E-state index >= 15 is 0 Å². The fourth-order valence-electron chi connectivity index (χ4n) is 3.53. The average molecular weight is 250 g/mol. The molecule has 0 saturated carbocycles. The fourth-order valence-corrected chi connectivity index (χ4v) is 3.53. The molecule has 92 valence electrons. The minimum Gasteiger partial charge on any atom is -0.305 e. The highest BCUT2D eigenvalue weighted by atomic mass is 35.5. The van der Waals surface area contributed by atoms with Crippen molar-refractivity contribution in [1.29, 1.82) is 0 Å². The molecule has 17 heavy (non-hydrogen) atoms. The van der Waals surface area contributed by atoms with Gasteiger partial charge in [-0.15, -0.1) is 12.4 Å². The minimum atomic E-state index is 0. The molecule has 2 unspecified atom stereocenters. The van der Waals surface area contributed by atoms with Crippen molar-refractivity contribution < 1.29 is 0 Å². The van der Waals surface area contributed by atoms with Gasteiger partial charge in [0.05, 0.1) is 0 Å². The van der Waals surface area contributed by atoms with Crippen molar-refractivity contribution in [3.05, 3.63) is 47.5 Å². The lowest BCUT2D eigenvalue weighted by atomic mass is 9.68. The summed E-state index contributed by atoms with van der Waals surface area (Å²) in [6.45, 7) is 0. The largest absolute Gasteiger partial charge is 0.305 e. The van der Waals surface area contributed by atoms with E-state index in [0.717, 1.165) is 0 Å². The van der Waals surface area contributed by atoms with Crippen molar-refractivity contribution >= 4 is 12.4 Å². The summed E-state index contributed by atoms with van der Waals surface area (Å²) in [4.78, 5) is 2.41. The number of likely N-dealkylation sites (N-methyl/N-ethyl adjacent to an activating group) is 1. The first-order valence-corrected chi connectivity index (χ1v) is 6.18. The van der Waals surface area contributed by atoms with E-state index in [9.17, 15) is 0 Å². The third-order valence-corrected chi connectivity index (χ3v) is 4.13. The van der Waals surface area contributed by atoms with Crippen LogP contribution in [-0.4, -0.2) is 25.0 Å². The van der Waals surface area contributed by atoms with Gasteiger partial charge >= 0.3 is 0 Å². The highest BCUT2D eigenvalue weighted by Gasteiger charge is 2.37. The van der Waals surface area contributed by atoms with Gasteiger partial charge in [0.25, 0.3) is 0 Å². The summed E-state index contributed by atoms with van der Waals surface area (Å²) in [5.41, 5.74) is 3.15. The molecule has 0 heterocycles. The lowest BCUT2D eigenvalue weighted by molar-refractivity contribution is 0.180.